The van der Waals surface area contributed by atoms with E-state index in [2.05, 4.69) is 27.9 Å². The number of carbonyl (C=O) groups is 3. The number of nitrogens with one attached hydrogen (secondary N) is 1. The fourth-order valence-electron chi connectivity index (χ4n) is 3.39. The van der Waals surface area contributed by atoms with Crippen molar-refractivity contribution in [1.82, 2.24) is 4.90 Å². The molecule has 1 N–H and O–H groups in total. The number of methoxy groups -OCH3 is 1. The zero-order chi connectivity index (χ0) is 26.5. The van der Waals surface area contributed by atoms with Crippen LogP contribution in [0.4, 0.5) is 14.9 Å². The average Bonchev–Trinajstić information content (AvgIpc) is 3.12. The van der Waals surface area contributed by atoms with Crippen molar-refractivity contribution in [3.63, 3.8) is 0 Å². The first-order valence-electron chi connectivity index (χ1n) is 10.8. The van der Waals surface area contributed by atoms with E-state index in [-0.39, 0.29) is 11.5 Å². The summed E-state index contributed by atoms with van der Waals surface area (Å²) in [5.74, 6) is -0.641. The van der Waals surface area contributed by atoms with Crippen molar-refractivity contribution >= 4 is 74.8 Å². The third kappa shape index (κ3) is 6.62. The van der Waals surface area contributed by atoms with Crippen molar-refractivity contribution in [2.24, 2.45) is 0 Å². The van der Waals surface area contributed by atoms with Crippen molar-refractivity contribution < 1.29 is 28.2 Å². The predicted molar refractivity (Wildman–Crippen MR) is 149 cm³/mol. The maximum Gasteiger partial charge on any atom is 0.294 e. The fraction of sp³-hybridized carbons (Fsp3) is 0.115. The monoisotopic (exact) mass is 652 g/mol. The van der Waals surface area contributed by atoms with Gasteiger partial charge in [-0.05, 0) is 88.5 Å². The normalized spacial score (nSPS) is 14.3. The van der Waals surface area contributed by atoms with E-state index in [1.807, 2.05) is 18.2 Å². The quantitative estimate of drug-likeness (QED) is 0.226. The van der Waals surface area contributed by atoms with Gasteiger partial charge in [0.1, 0.15) is 19.0 Å². The molecule has 0 aliphatic carbocycles. The van der Waals surface area contributed by atoms with Crippen LogP contribution in [-0.2, 0) is 16.2 Å². The van der Waals surface area contributed by atoms with E-state index in [4.69, 9.17) is 21.1 Å². The molecule has 1 aliphatic rings. The van der Waals surface area contributed by atoms with Gasteiger partial charge in [0.05, 0.1) is 15.6 Å². The predicted octanol–water partition coefficient (Wildman–Crippen LogP) is 6.35. The Morgan fingerprint density at radius 3 is 2.59 bits per heavy atom. The Hall–Kier alpha value is -3.09. The summed E-state index contributed by atoms with van der Waals surface area (Å²) in [6.07, 6.45) is 1.56. The lowest BCUT2D eigenvalue weighted by molar-refractivity contribution is -0.127. The summed E-state index contributed by atoms with van der Waals surface area (Å²) in [6.45, 7) is -0.223. The molecule has 1 fully saturated rings. The van der Waals surface area contributed by atoms with Crippen LogP contribution < -0.4 is 14.8 Å². The van der Waals surface area contributed by atoms with Crippen LogP contribution in [0.1, 0.15) is 11.1 Å². The highest BCUT2D eigenvalue weighted by atomic mass is 127. The number of halogens is 3. The smallest absolute Gasteiger partial charge is 0.294 e. The summed E-state index contributed by atoms with van der Waals surface area (Å²) < 4.78 is 25.3. The van der Waals surface area contributed by atoms with Gasteiger partial charge in [0.15, 0.2) is 11.5 Å². The Labute approximate surface area is 235 Å². The SMILES string of the molecule is COc1cc(/C=C2\SC(=O)N(CC(=O)Nc3ccc(F)cc3)C2=O)cc(I)c1OCc1ccccc1Cl. The summed E-state index contributed by atoms with van der Waals surface area (Å²) in [6, 6.07) is 16.0. The number of rotatable bonds is 8. The highest BCUT2D eigenvalue weighted by Gasteiger charge is 2.36. The van der Waals surface area contributed by atoms with Crippen LogP contribution in [0.3, 0.4) is 0 Å². The molecule has 1 heterocycles. The highest BCUT2D eigenvalue weighted by molar-refractivity contribution is 14.1. The molecule has 190 valence electrons. The van der Waals surface area contributed by atoms with E-state index in [1.54, 1.807) is 24.3 Å². The van der Waals surface area contributed by atoms with Crippen molar-refractivity contribution in [2.75, 3.05) is 19.0 Å². The third-order valence-electron chi connectivity index (χ3n) is 5.18. The molecule has 0 spiro atoms. The Morgan fingerprint density at radius 2 is 1.89 bits per heavy atom. The van der Waals surface area contributed by atoms with Crippen LogP contribution in [0.15, 0.2) is 65.6 Å². The molecule has 3 aromatic rings. The minimum atomic E-state index is -0.586. The van der Waals surface area contributed by atoms with Gasteiger partial charge in [-0.1, -0.05) is 29.8 Å². The van der Waals surface area contributed by atoms with E-state index in [0.29, 0.717) is 27.8 Å². The molecule has 1 aliphatic heterocycles. The zero-order valence-corrected chi connectivity index (χ0v) is 23.0. The number of benzene rings is 3. The summed E-state index contributed by atoms with van der Waals surface area (Å²) in [4.78, 5) is 38.7. The van der Waals surface area contributed by atoms with Crippen LogP contribution in [0.2, 0.25) is 5.02 Å². The summed E-state index contributed by atoms with van der Waals surface area (Å²) >= 11 is 9.06. The molecule has 0 radical (unpaired) electrons. The number of hydrogen-bond acceptors (Lipinski definition) is 6. The average molecular weight is 653 g/mol. The van der Waals surface area contributed by atoms with Gasteiger partial charge >= 0.3 is 0 Å². The van der Waals surface area contributed by atoms with Crippen molar-refractivity contribution in [3.8, 4) is 11.5 Å². The molecule has 0 saturated carbocycles. The number of carbonyl (C=O) groups excluding carboxylic acids is 3. The number of hydrogen-bond donors (Lipinski definition) is 1. The molecular formula is C26H19ClFIN2O5S. The molecular weight excluding hydrogens is 634 g/mol. The molecule has 7 nitrogen and oxygen atoms in total. The Kier molecular flexibility index (Phi) is 8.72. The van der Waals surface area contributed by atoms with Gasteiger partial charge in [-0.15, -0.1) is 0 Å². The standard InChI is InChI=1S/C26H19ClFIN2O5S/c1-35-21-11-15(10-20(29)24(21)36-14-16-4-2-3-5-19(16)27)12-22-25(33)31(26(34)37-22)13-23(32)30-18-8-6-17(28)7-9-18/h2-12H,13-14H2,1H3,(H,30,32)/b22-12-. The highest BCUT2D eigenvalue weighted by Crippen LogP contribution is 2.38. The maximum atomic E-state index is 13.1. The van der Waals surface area contributed by atoms with Gasteiger partial charge in [0, 0.05) is 16.3 Å². The largest absolute Gasteiger partial charge is 0.493 e. The molecule has 37 heavy (non-hydrogen) atoms. The number of amides is 3. The summed E-state index contributed by atoms with van der Waals surface area (Å²) in [5.41, 5.74) is 1.79. The molecule has 0 atom stereocenters. The molecule has 3 amide bonds. The Balaban J connectivity index is 1.47. The van der Waals surface area contributed by atoms with Crippen LogP contribution in [0, 0.1) is 9.39 Å². The van der Waals surface area contributed by atoms with E-state index in [9.17, 15) is 18.8 Å². The van der Waals surface area contributed by atoms with Gasteiger partial charge in [-0.25, -0.2) is 4.39 Å². The Bertz CT molecular complexity index is 1400. The fourth-order valence-corrected chi connectivity index (χ4v) is 5.20. The first-order valence-corrected chi connectivity index (χ1v) is 13.1. The van der Waals surface area contributed by atoms with Gasteiger partial charge in [-0.2, -0.15) is 0 Å². The second-order valence-corrected chi connectivity index (χ2v) is 10.3. The van der Waals surface area contributed by atoms with Crippen molar-refractivity contribution in [3.05, 3.63) is 91.1 Å². The summed E-state index contributed by atoms with van der Waals surface area (Å²) in [7, 11) is 1.51. The zero-order valence-electron chi connectivity index (χ0n) is 19.3. The van der Waals surface area contributed by atoms with E-state index >= 15 is 0 Å². The lowest BCUT2D eigenvalue weighted by atomic mass is 10.1. The van der Waals surface area contributed by atoms with Crippen LogP contribution in [-0.4, -0.2) is 35.6 Å². The molecule has 0 aromatic heterocycles. The minimum absolute atomic E-state index is 0.169. The number of thioether (sulfide) groups is 1. The summed E-state index contributed by atoms with van der Waals surface area (Å²) in [5, 5.41) is 2.57. The number of nitrogens with zero attached hydrogens (tertiary/aromatic N) is 1. The number of imide groups is 1. The van der Waals surface area contributed by atoms with E-state index in [0.717, 1.165) is 25.8 Å². The lowest BCUT2D eigenvalue weighted by Crippen LogP contribution is -2.36. The molecule has 4 rings (SSSR count). The minimum Gasteiger partial charge on any atom is -0.493 e. The van der Waals surface area contributed by atoms with Gasteiger partial charge < -0.3 is 14.8 Å². The topological polar surface area (TPSA) is 84.9 Å². The van der Waals surface area contributed by atoms with Crippen molar-refractivity contribution in [2.45, 2.75) is 6.61 Å². The number of anilines is 1. The molecule has 1 saturated heterocycles. The van der Waals surface area contributed by atoms with Gasteiger partial charge in [-0.3, -0.25) is 19.3 Å². The van der Waals surface area contributed by atoms with Crippen LogP contribution >= 0.6 is 46.0 Å². The van der Waals surface area contributed by atoms with E-state index < -0.39 is 29.4 Å². The Morgan fingerprint density at radius 1 is 1.16 bits per heavy atom. The second-order valence-electron chi connectivity index (χ2n) is 7.74. The number of ether oxygens (including phenoxy) is 2. The lowest BCUT2D eigenvalue weighted by Gasteiger charge is -2.14. The van der Waals surface area contributed by atoms with Crippen molar-refractivity contribution in [1.29, 1.82) is 0 Å². The molecule has 0 bridgehead atoms. The van der Waals surface area contributed by atoms with Crippen LogP contribution in [0.5, 0.6) is 11.5 Å². The van der Waals surface area contributed by atoms with E-state index in [1.165, 1.54) is 31.4 Å². The third-order valence-corrected chi connectivity index (χ3v) is 7.26. The first-order chi connectivity index (χ1) is 17.7. The molecule has 11 heteroatoms. The van der Waals surface area contributed by atoms with Gasteiger partial charge in [0.2, 0.25) is 5.91 Å². The first kappa shape index (κ1) is 27.0. The molecule has 3 aromatic carbocycles. The maximum absolute atomic E-state index is 13.1. The van der Waals surface area contributed by atoms with Crippen LogP contribution in [0.25, 0.3) is 6.08 Å². The molecule has 0 unspecified atom stereocenters. The van der Waals surface area contributed by atoms with Gasteiger partial charge in [0.25, 0.3) is 11.1 Å². The second kappa shape index (κ2) is 12.0.